The van der Waals surface area contributed by atoms with Crippen LogP contribution in [0.4, 0.5) is 11.4 Å². The van der Waals surface area contributed by atoms with Crippen LogP contribution >= 0.6 is 0 Å². The van der Waals surface area contributed by atoms with Crippen molar-refractivity contribution in [2.75, 3.05) is 11.9 Å². The minimum atomic E-state index is -0.269. The second kappa shape index (κ2) is 8.35. The second-order valence-corrected chi connectivity index (χ2v) is 7.16. The van der Waals surface area contributed by atoms with Crippen LogP contribution in [0.15, 0.2) is 91.1 Å². The molecule has 1 aliphatic rings. The summed E-state index contributed by atoms with van der Waals surface area (Å²) in [4.78, 5) is 30.0. The Morgan fingerprint density at radius 2 is 1.56 bits per heavy atom. The largest absolute Gasteiger partial charge is 0.485 e. The molecule has 0 unspecified atom stereocenters. The summed E-state index contributed by atoms with van der Waals surface area (Å²) in [6, 6.07) is 24.8. The topological polar surface area (TPSA) is 77.5 Å². The molecule has 0 saturated carbocycles. The average molecular weight is 422 g/mol. The summed E-state index contributed by atoms with van der Waals surface area (Å²) < 4.78 is 11.8. The smallest absolute Gasteiger partial charge is 0.215 e. The van der Waals surface area contributed by atoms with Gasteiger partial charge in [-0.15, -0.1) is 0 Å². The molecule has 1 N–H and O–H groups in total. The predicted molar refractivity (Wildman–Crippen MR) is 120 cm³/mol. The number of rotatable bonds is 6. The number of anilines is 2. The van der Waals surface area contributed by atoms with E-state index in [-0.39, 0.29) is 18.2 Å². The molecule has 0 bridgehead atoms. The van der Waals surface area contributed by atoms with Crippen LogP contribution in [0.3, 0.4) is 0 Å². The van der Waals surface area contributed by atoms with Gasteiger partial charge in [-0.05, 0) is 48.5 Å². The Bertz CT molecular complexity index is 1320. The van der Waals surface area contributed by atoms with Gasteiger partial charge in [-0.3, -0.25) is 14.6 Å². The van der Waals surface area contributed by atoms with Gasteiger partial charge in [0.25, 0.3) is 0 Å². The van der Waals surface area contributed by atoms with Crippen molar-refractivity contribution in [3.05, 3.63) is 108 Å². The zero-order valence-electron chi connectivity index (χ0n) is 16.9. The lowest BCUT2D eigenvalue weighted by Crippen LogP contribution is -2.16. The molecule has 5 rings (SSSR count). The monoisotopic (exact) mass is 422 g/mol. The Hall–Kier alpha value is -4.45. The van der Waals surface area contributed by atoms with Gasteiger partial charge in [0.1, 0.15) is 11.4 Å². The maximum Gasteiger partial charge on any atom is 0.215 e. The molecule has 2 heterocycles. The third kappa shape index (κ3) is 3.70. The van der Waals surface area contributed by atoms with Crippen molar-refractivity contribution in [3.8, 4) is 17.2 Å². The van der Waals surface area contributed by atoms with Gasteiger partial charge in [0.2, 0.25) is 11.6 Å². The van der Waals surface area contributed by atoms with E-state index in [0.717, 1.165) is 5.69 Å². The predicted octanol–water partition coefficient (Wildman–Crippen LogP) is 5.42. The highest BCUT2D eigenvalue weighted by Crippen LogP contribution is 2.43. The van der Waals surface area contributed by atoms with E-state index >= 15 is 0 Å². The molecule has 4 aromatic rings. The molecule has 0 radical (unpaired) electrons. The van der Waals surface area contributed by atoms with Crippen molar-refractivity contribution >= 4 is 22.9 Å². The number of ether oxygens (including phenoxy) is 2. The SMILES string of the molecule is O=C(c1ccccn1)c1ccccc1OCC(=O)c1cccc2c1Oc1ccccc1N2. The lowest BCUT2D eigenvalue weighted by atomic mass is 10.1. The molecule has 32 heavy (non-hydrogen) atoms. The molecule has 0 fully saturated rings. The van der Waals surface area contributed by atoms with Gasteiger partial charge in [0, 0.05) is 6.20 Å². The number of hydrogen-bond donors (Lipinski definition) is 1. The molecule has 156 valence electrons. The third-order valence-electron chi connectivity index (χ3n) is 5.07. The highest BCUT2D eigenvalue weighted by molar-refractivity contribution is 6.09. The summed E-state index contributed by atoms with van der Waals surface area (Å²) in [5, 5.41) is 3.28. The van der Waals surface area contributed by atoms with Gasteiger partial charge in [0.05, 0.1) is 22.5 Å². The van der Waals surface area contributed by atoms with E-state index in [1.54, 1.807) is 60.8 Å². The molecule has 0 amide bonds. The van der Waals surface area contributed by atoms with Gasteiger partial charge in [-0.25, -0.2) is 0 Å². The third-order valence-corrected chi connectivity index (χ3v) is 5.07. The quantitative estimate of drug-likeness (QED) is 0.368. The first-order chi connectivity index (χ1) is 15.7. The van der Waals surface area contributed by atoms with E-state index in [0.29, 0.717) is 39.8 Å². The van der Waals surface area contributed by atoms with Crippen LogP contribution in [0.25, 0.3) is 0 Å². The van der Waals surface area contributed by atoms with Gasteiger partial charge in [-0.2, -0.15) is 0 Å². The first-order valence-electron chi connectivity index (χ1n) is 10.1. The van der Waals surface area contributed by atoms with Gasteiger partial charge in [-0.1, -0.05) is 36.4 Å². The number of carbonyl (C=O) groups excluding carboxylic acids is 2. The number of nitrogens with one attached hydrogen (secondary N) is 1. The maximum absolute atomic E-state index is 13.0. The Morgan fingerprint density at radius 3 is 2.44 bits per heavy atom. The van der Waals surface area contributed by atoms with E-state index in [1.807, 2.05) is 30.3 Å². The Balaban J connectivity index is 1.37. The molecule has 3 aromatic carbocycles. The normalized spacial score (nSPS) is 11.4. The number of ketones is 2. The van der Waals surface area contributed by atoms with Crippen molar-refractivity contribution in [2.45, 2.75) is 0 Å². The van der Waals surface area contributed by atoms with Crippen molar-refractivity contribution < 1.29 is 19.1 Å². The van der Waals surface area contributed by atoms with Crippen LogP contribution in [-0.4, -0.2) is 23.2 Å². The van der Waals surface area contributed by atoms with Crippen LogP contribution in [0.2, 0.25) is 0 Å². The fourth-order valence-corrected chi connectivity index (χ4v) is 3.52. The molecule has 1 aromatic heterocycles. The summed E-state index contributed by atoms with van der Waals surface area (Å²) in [6.45, 7) is -0.242. The van der Waals surface area contributed by atoms with Gasteiger partial charge < -0.3 is 14.8 Å². The van der Waals surface area contributed by atoms with Crippen LogP contribution in [0.5, 0.6) is 17.2 Å². The number of Topliss-reactive ketones (excluding diaryl/α,β-unsaturated/α-hetero) is 1. The minimum Gasteiger partial charge on any atom is -0.485 e. The van der Waals surface area contributed by atoms with Gasteiger partial charge >= 0.3 is 0 Å². The Labute approximate surface area is 184 Å². The number of benzene rings is 3. The van der Waals surface area contributed by atoms with Crippen molar-refractivity contribution in [1.29, 1.82) is 0 Å². The second-order valence-electron chi connectivity index (χ2n) is 7.16. The summed E-state index contributed by atoms with van der Waals surface area (Å²) in [5.74, 6) is 0.897. The first kappa shape index (κ1) is 19.5. The Kier molecular flexibility index (Phi) is 5.09. The summed E-state index contributed by atoms with van der Waals surface area (Å²) in [6.07, 6.45) is 1.56. The number of hydrogen-bond acceptors (Lipinski definition) is 6. The lowest BCUT2D eigenvalue weighted by Gasteiger charge is -2.23. The molecule has 0 saturated heterocycles. The van der Waals surface area contributed by atoms with Crippen LogP contribution in [0, 0.1) is 0 Å². The van der Waals surface area contributed by atoms with Crippen LogP contribution in [0.1, 0.15) is 26.4 Å². The van der Waals surface area contributed by atoms with E-state index in [1.165, 1.54) is 0 Å². The molecular weight excluding hydrogens is 404 g/mol. The number of carbonyl (C=O) groups is 2. The highest BCUT2D eigenvalue weighted by atomic mass is 16.5. The van der Waals surface area contributed by atoms with Gasteiger partial charge in [0.15, 0.2) is 18.1 Å². The molecule has 0 spiro atoms. The molecule has 0 atom stereocenters. The fraction of sp³-hybridized carbons (Fsp3) is 0.0385. The van der Waals surface area contributed by atoms with E-state index in [9.17, 15) is 9.59 Å². The van der Waals surface area contributed by atoms with Crippen molar-refractivity contribution in [3.63, 3.8) is 0 Å². The molecule has 6 nitrogen and oxygen atoms in total. The maximum atomic E-state index is 13.0. The molecular formula is C26H18N2O4. The molecule has 0 aliphatic carbocycles. The first-order valence-corrected chi connectivity index (χ1v) is 10.1. The standard InChI is InChI=1S/C26H18N2O4/c29-22(17-9-7-12-21-26(17)32-24-14-4-2-10-19(24)28-21)16-31-23-13-3-1-8-18(23)25(30)20-11-5-6-15-27-20/h1-15,28H,16H2. The summed E-state index contributed by atoms with van der Waals surface area (Å²) >= 11 is 0. The van der Waals surface area contributed by atoms with Crippen LogP contribution < -0.4 is 14.8 Å². The number of nitrogens with zero attached hydrogens (tertiary/aromatic N) is 1. The van der Waals surface area contributed by atoms with Crippen LogP contribution in [-0.2, 0) is 0 Å². The zero-order valence-corrected chi connectivity index (χ0v) is 16.9. The number of pyridine rings is 1. The zero-order chi connectivity index (χ0) is 21.9. The number of aromatic nitrogens is 1. The number of fused-ring (bicyclic) bond motifs is 2. The number of para-hydroxylation sites is 4. The molecule has 6 heteroatoms. The Morgan fingerprint density at radius 1 is 0.812 bits per heavy atom. The average Bonchev–Trinajstić information content (AvgIpc) is 2.86. The minimum absolute atomic E-state index is 0.242. The summed E-state index contributed by atoms with van der Waals surface area (Å²) in [7, 11) is 0. The summed E-state index contributed by atoms with van der Waals surface area (Å²) in [5.41, 5.74) is 2.60. The highest BCUT2D eigenvalue weighted by Gasteiger charge is 2.23. The fourth-order valence-electron chi connectivity index (χ4n) is 3.52. The lowest BCUT2D eigenvalue weighted by molar-refractivity contribution is 0.0912. The molecule has 1 aliphatic heterocycles. The van der Waals surface area contributed by atoms with E-state index in [2.05, 4.69) is 10.3 Å². The van der Waals surface area contributed by atoms with Crippen molar-refractivity contribution in [1.82, 2.24) is 4.98 Å². The van der Waals surface area contributed by atoms with Crippen molar-refractivity contribution in [2.24, 2.45) is 0 Å². The van der Waals surface area contributed by atoms with E-state index < -0.39 is 0 Å². The van der Waals surface area contributed by atoms with E-state index in [4.69, 9.17) is 9.47 Å².